The number of nitrogens with zero attached hydrogens (tertiary/aromatic N) is 4. The highest BCUT2D eigenvalue weighted by atomic mass is 35.5. The van der Waals surface area contributed by atoms with Crippen molar-refractivity contribution < 1.29 is 4.92 Å². The number of nitro benzene ring substituents is 1. The van der Waals surface area contributed by atoms with Crippen LogP contribution < -0.4 is 10.2 Å². The van der Waals surface area contributed by atoms with Crippen LogP contribution >= 0.6 is 12.4 Å². The van der Waals surface area contributed by atoms with E-state index in [1.165, 1.54) is 12.1 Å². The van der Waals surface area contributed by atoms with E-state index in [1.54, 1.807) is 12.3 Å². The minimum Gasteiger partial charge on any atom is -0.354 e. The molecule has 0 unspecified atom stereocenters. The molecule has 0 aliphatic carbocycles. The summed E-state index contributed by atoms with van der Waals surface area (Å²) in [7, 11) is 2.01. The van der Waals surface area contributed by atoms with E-state index in [1.807, 2.05) is 7.05 Å². The molecule has 1 aromatic heterocycles. The van der Waals surface area contributed by atoms with Gasteiger partial charge in [-0.25, -0.2) is 4.98 Å². The van der Waals surface area contributed by atoms with Gasteiger partial charge in [-0.05, 0) is 25.5 Å². The fourth-order valence-corrected chi connectivity index (χ4v) is 2.62. The highest BCUT2D eigenvalue weighted by molar-refractivity contribution is 5.85. The van der Waals surface area contributed by atoms with Crippen molar-refractivity contribution in [3.8, 4) is 0 Å². The summed E-state index contributed by atoms with van der Waals surface area (Å²) in [5.74, 6) is 0.796. The number of nitro groups is 1. The first-order valence-corrected chi connectivity index (χ1v) is 7.00. The van der Waals surface area contributed by atoms with Gasteiger partial charge < -0.3 is 10.2 Å². The minimum atomic E-state index is -0.422. The van der Waals surface area contributed by atoms with Crippen LogP contribution in [0, 0.1) is 10.1 Å². The molecular weight excluding hydrogens is 306 g/mol. The molecule has 0 amide bonds. The number of hydrogen-bond acceptors (Lipinski definition) is 6. The number of aromatic nitrogens is 2. The third-order valence-electron chi connectivity index (χ3n) is 3.90. The van der Waals surface area contributed by atoms with Crippen LogP contribution in [0.2, 0.25) is 0 Å². The van der Waals surface area contributed by atoms with E-state index < -0.39 is 4.92 Å². The van der Waals surface area contributed by atoms with Gasteiger partial charge in [-0.3, -0.25) is 15.1 Å². The molecule has 1 aromatic carbocycles. The molecule has 1 aliphatic heterocycles. The average Bonchev–Trinajstić information content (AvgIpc) is 2.54. The Labute approximate surface area is 134 Å². The highest BCUT2D eigenvalue weighted by Gasteiger charge is 2.19. The van der Waals surface area contributed by atoms with Gasteiger partial charge in [0.15, 0.2) is 0 Å². The number of likely N-dealkylation sites (N-methyl/N-ethyl adjacent to an activating group) is 1. The zero-order valence-electron chi connectivity index (χ0n) is 12.2. The van der Waals surface area contributed by atoms with Gasteiger partial charge in [-0.1, -0.05) is 0 Å². The number of piperidine rings is 1. The number of nitrogens with one attached hydrogen (secondary N) is 1. The lowest BCUT2D eigenvalue weighted by atomic mass is 10.1. The molecule has 1 fully saturated rings. The summed E-state index contributed by atoms with van der Waals surface area (Å²) in [5.41, 5.74) is 1.26. The molecule has 1 aliphatic rings. The maximum Gasteiger partial charge on any atom is 0.271 e. The summed E-state index contributed by atoms with van der Waals surface area (Å²) in [6.45, 7) is 2.01. The van der Waals surface area contributed by atoms with Crippen molar-refractivity contribution in [1.82, 2.24) is 15.3 Å². The molecule has 0 spiro atoms. The molecule has 1 N–H and O–H groups in total. The van der Waals surface area contributed by atoms with E-state index in [9.17, 15) is 10.1 Å². The van der Waals surface area contributed by atoms with Gasteiger partial charge in [0.05, 0.1) is 22.2 Å². The zero-order valence-corrected chi connectivity index (χ0v) is 13.0. The first-order chi connectivity index (χ1) is 10.1. The molecule has 118 valence electrons. The average molecular weight is 324 g/mol. The number of benzene rings is 1. The number of halogens is 1. The van der Waals surface area contributed by atoms with Crippen molar-refractivity contribution in [3.05, 3.63) is 34.5 Å². The first kappa shape index (κ1) is 16.4. The third kappa shape index (κ3) is 3.26. The second-order valence-electron chi connectivity index (χ2n) is 5.27. The van der Waals surface area contributed by atoms with Crippen molar-refractivity contribution in [2.24, 2.45) is 0 Å². The van der Waals surface area contributed by atoms with E-state index in [2.05, 4.69) is 20.2 Å². The lowest BCUT2D eigenvalue weighted by Crippen LogP contribution is -2.44. The molecule has 0 bridgehead atoms. The summed E-state index contributed by atoms with van der Waals surface area (Å²) >= 11 is 0. The molecule has 3 rings (SSSR count). The van der Waals surface area contributed by atoms with E-state index >= 15 is 0 Å². The maximum absolute atomic E-state index is 10.8. The molecule has 2 heterocycles. The number of anilines is 1. The summed E-state index contributed by atoms with van der Waals surface area (Å²) in [6, 6.07) is 4.97. The number of non-ortho nitro benzene ring substituents is 1. The quantitative estimate of drug-likeness (QED) is 0.688. The van der Waals surface area contributed by atoms with Crippen LogP contribution in [0.15, 0.2) is 24.4 Å². The van der Waals surface area contributed by atoms with Crippen molar-refractivity contribution in [2.45, 2.75) is 18.9 Å². The minimum absolute atomic E-state index is 0. The SMILES string of the molecule is CN(c1cnc2cc([N+](=O)[O-])ccc2n1)[C@H]1CCCNC1.Cl. The van der Waals surface area contributed by atoms with Crippen LogP contribution in [-0.4, -0.2) is 41.1 Å². The monoisotopic (exact) mass is 323 g/mol. The van der Waals surface area contributed by atoms with Crippen molar-refractivity contribution in [2.75, 3.05) is 25.0 Å². The second-order valence-corrected chi connectivity index (χ2v) is 5.27. The molecule has 0 radical (unpaired) electrons. The maximum atomic E-state index is 10.8. The first-order valence-electron chi connectivity index (χ1n) is 7.00. The fraction of sp³-hybridized carbons (Fsp3) is 0.429. The van der Waals surface area contributed by atoms with Gasteiger partial charge in [-0.2, -0.15) is 0 Å². The number of hydrogen-bond donors (Lipinski definition) is 1. The Morgan fingerprint density at radius 2 is 2.23 bits per heavy atom. The molecule has 1 atom stereocenters. The smallest absolute Gasteiger partial charge is 0.271 e. The Balaban J connectivity index is 0.00000176. The molecule has 7 nitrogen and oxygen atoms in total. The highest BCUT2D eigenvalue weighted by Crippen LogP contribution is 2.22. The van der Waals surface area contributed by atoms with Gasteiger partial charge >= 0.3 is 0 Å². The Morgan fingerprint density at radius 3 is 2.91 bits per heavy atom. The van der Waals surface area contributed by atoms with Crippen LogP contribution in [0.3, 0.4) is 0 Å². The molecule has 1 saturated heterocycles. The van der Waals surface area contributed by atoms with Gasteiger partial charge in [0.25, 0.3) is 5.69 Å². The van der Waals surface area contributed by atoms with Crippen LogP contribution in [0.5, 0.6) is 0 Å². The van der Waals surface area contributed by atoms with Crippen molar-refractivity contribution >= 4 is 34.9 Å². The van der Waals surface area contributed by atoms with Gasteiger partial charge in [-0.15, -0.1) is 12.4 Å². The number of fused-ring (bicyclic) bond motifs is 1. The van der Waals surface area contributed by atoms with Crippen LogP contribution in [0.1, 0.15) is 12.8 Å². The predicted octanol–water partition coefficient (Wildman–Crippen LogP) is 2.15. The normalized spacial score (nSPS) is 17.8. The summed E-state index contributed by atoms with van der Waals surface area (Å²) < 4.78 is 0. The van der Waals surface area contributed by atoms with Crippen molar-refractivity contribution in [1.29, 1.82) is 0 Å². The molecule has 2 aromatic rings. The van der Waals surface area contributed by atoms with Crippen LogP contribution in [0.4, 0.5) is 11.5 Å². The Morgan fingerprint density at radius 1 is 1.41 bits per heavy atom. The van der Waals surface area contributed by atoms with Gasteiger partial charge in [0.1, 0.15) is 5.82 Å². The van der Waals surface area contributed by atoms with E-state index in [0.717, 1.165) is 31.7 Å². The Hall–Kier alpha value is -1.99. The zero-order chi connectivity index (χ0) is 14.8. The molecule has 8 heteroatoms. The lowest BCUT2D eigenvalue weighted by molar-refractivity contribution is -0.384. The van der Waals surface area contributed by atoms with Crippen LogP contribution in [0.25, 0.3) is 11.0 Å². The van der Waals surface area contributed by atoms with E-state index in [4.69, 9.17) is 0 Å². The summed E-state index contributed by atoms with van der Waals surface area (Å²) in [5, 5.41) is 14.1. The van der Waals surface area contributed by atoms with Gasteiger partial charge in [0.2, 0.25) is 0 Å². The standard InChI is InChI=1S/C14H17N5O2.ClH/c1-18(11-3-2-6-15-8-11)14-9-16-13-7-10(19(20)21)4-5-12(13)17-14;/h4-5,7,9,11,15H,2-3,6,8H2,1H3;1H/t11-;/m0./s1. The second kappa shape index (κ2) is 6.85. The Kier molecular flexibility index (Phi) is 5.10. The summed E-state index contributed by atoms with van der Waals surface area (Å²) in [4.78, 5) is 21.3. The third-order valence-corrected chi connectivity index (χ3v) is 3.90. The van der Waals surface area contributed by atoms with Crippen LogP contribution in [-0.2, 0) is 0 Å². The fourth-order valence-electron chi connectivity index (χ4n) is 2.62. The topological polar surface area (TPSA) is 84.2 Å². The van der Waals surface area contributed by atoms with E-state index in [0.29, 0.717) is 17.1 Å². The molecule has 22 heavy (non-hydrogen) atoms. The Bertz CT molecular complexity index is 675. The van der Waals surface area contributed by atoms with E-state index in [-0.39, 0.29) is 18.1 Å². The molecule has 0 saturated carbocycles. The number of rotatable bonds is 3. The largest absolute Gasteiger partial charge is 0.354 e. The predicted molar refractivity (Wildman–Crippen MR) is 87.7 cm³/mol. The van der Waals surface area contributed by atoms with Gasteiger partial charge in [0, 0.05) is 31.8 Å². The summed E-state index contributed by atoms with van der Waals surface area (Å²) in [6.07, 6.45) is 3.96. The molecular formula is C14H18ClN5O2. The van der Waals surface area contributed by atoms with Crippen molar-refractivity contribution in [3.63, 3.8) is 0 Å². The lowest BCUT2D eigenvalue weighted by Gasteiger charge is -2.32.